The van der Waals surface area contributed by atoms with E-state index in [1.807, 2.05) is 0 Å². The zero-order valence-electron chi connectivity index (χ0n) is 9.01. The Morgan fingerprint density at radius 1 is 1.50 bits per heavy atom. The molecule has 0 aromatic heterocycles. The molecule has 1 fully saturated rings. The molecule has 14 heavy (non-hydrogen) atoms. The predicted octanol–water partition coefficient (Wildman–Crippen LogP) is 0.137. The highest BCUT2D eigenvalue weighted by Gasteiger charge is 2.28. The Balaban J connectivity index is 1.90. The zero-order chi connectivity index (χ0) is 10.4. The highest BCUT2D eigenvalue weighted by molar-refractivity contribution is 5.80. The number of nitrogens with one attached hydrogen (secondary N) is 2. The summed E-state index contributed by atoms with van der Waals surface area (Å²) in [4.78, 5) is 11.2. The molecule has 0 aliphatic heterocycles. The first kappa shape index (κ1) is 11.5. The van der Waals surface area contributed by atoms with Gasteiger partial charge >= 0.3 is 0 Å². The number of hydrogen-bond acceptors (Lipinski definition) is 3. The second-order valence-corrected chi connectivity index (χ2v) is 3.88. The predicted molar refractivity (Wildman–Crippen MR) is 55.1 cm³/mol. The summed E-state index contributed by atoms with van der Waals surface area (Å²) in [5.74, 6) is 0.526. The van der Waals surface area contributed by atoms with Crippen molar-refractivity contribution in [2.24, 2.45) is 5.92 Å². The molecule has 4 heteroatoms. The van der Waals surface area contributed by atoms with Gasteiger partial charge in [0.05, 0.1) is 6.61 Å². The van der Waals surface area contributed by atoms with Crippen molar-refractivity contribution in [1.29, 1.82) is 0 Å². The number of carbonyl (C=O) groups excluding carboxylic acids is 1. The zero-order valence-corrected chi connectivity index (χ0v) is 9.01. The van der Waals surface area contributed by atoms with Gasteiger partial charge in [-0.1, -0.05) is 0 Å². The second-order valence-electron chi connectivity index (χ2n) is 3.88. The molecule has 0 radical (unpaired) electrons. The maximum Gasteiger partial charge on any atom is 0.223 e. The van der Waals surface area contributed by atoms with Gasteiger partial charge in [0.2, 0.25) is 5.91 Å². The molecular formula is C10H20N2O2. The Morgan fingerprint density at radius 2 is 2.21 bits per heavy atom. The van der Waals surface area contributed by atoms with Crippen molar-refractivity contribution in [3.8, 4) is 0 Å². The lowest BCUT2D eigenvalue weighted by atomic mass is 10.3. The molecule has 1 aliphatic rings. The van der Waals surface area contributed by atoms with Gasteiger partial charge in [0.15, 0.2) is 0 Å². The van der Waals surface area contributed by atoms with Gasteiger partial charge in [-0.3, -0.25) is 4.79 Å². The van der Waals surface area contributed by atoms with Gasteiger partial charge in [-0.25, -0.2) is 0 Å². The fourth-order valence-electron chi connectivity index (χ4n) is 1.30. The van der Waals surface area contributed by atoms with E-state index in [-0.39, 0.29) is 5.91 Å². The number of amides is 1. The molecule has 1 amide bonds. The van der Waals surface area contributed by atoms with E-state index in [4.69, 9.17) is 4.74 Å². The van der Waals surface area contributed by atoms with E-state index in [2.05, 4.69) is 17.6 Å². The summed E-state index contributed by atoms with van der Waals surface area (Å²) in [7, 11) is 1.69. The summed E-state index contributed by atoms with van der Waals surface area (Å²) in [6.45, 7) is 4.29. The molecule has 1 atom stereocenters. The first-order valence-electron chi connectivity index (χ1n) is 5.24. The van der Waals surface area contributed by atoms with E-state index < -0.39 is 0 Å². The van der Waals surface area contributed by atoms with Gasteiger partial charge in [0.1, 0.15) is 0 Å². The highest BCUT2D eigenvalue weighted by atomic mass is 16.5. The van der Waals surface area contributed by atoms with E-state index in [0.29, 0.717) is 25.1 Å². The molecule has 1 rings (SSSR count). The highest BCUT2D eigenvalue weighted by Crippen LogP contribution is 2.28. The average Bonchev–Trinajstić information content (AvgIpc) is 2.95. The van der Waals surface area contributed by atoms with Gasteiger partial charge in [0, 0.05) is 32.2 Å². The number of carbonyl (C=O) groups is 1. The maximum atomic E-state index is 11.2. The van der Waals surface area contributed by atoms with E-state index in [1.54, 1.807) is 7.11 Å². The monoisotopic (exact) mass is 200 g/mol. The lowest BCUT2D eigenvalue weighted by molar-refractivity contribution is -0.122. The van der Waals surface area contributed by atoms with Crippen molar-refractivity contribution in [3.63, 3.8) is 0 Å². The molecule has 0 saturated heterocycles. The number of methoxy groups -OCH3 is 1. The summed E-state index contributed by atoms with van der Waals surface area (Å²) in [6, 6.07) is 0.345. The van der Waals surface area contributed by atoms with Crippen LogP contribution in [0.5, 0.6) is 0 Å². The smallest absolute Gasteiger partial charge is 0.223 e. The van der Waals surface area contributed by atoms with E-state index in [1.165, 1.54) is 0 Å². The third-order valence-electron chi connectivity index (χ3n) is 2.28. The molecule has 0 spiro atoms. The topological polar surface area (TPSA) is 50.4 Å². The minimum absolute atomic E-state index is 0.214. The van der Waals surface area contributed by atoms with Crippen LogP contribution in [-0.4, -0.2) is 38.8 Å². The largest absolute Gasteiger partial charge is 0.383 e. The number of rotatable bonds is 7. The van der Waals surface area contributed by atoms with Crippen LogP contribution < -0.4 is 10.6 Å². The molecule has 2 N–H and O–H groups in total. The first-order valence-corrected chi connectivity index (χ1v) is 5.24. The van der Waals surface area contributed by atoms with Crippen LogP contribution in [0.4, 0.5) is 0 Å². The Hall–Kier alpha value is -0.610. The van der Waals surface area contributed by atoms with Crippen LogP contribution in [0.2, 0.25) is 0 Å². The number of hydrogen-bond donors (Lipinski definition) is 2. The van der Waals surface area contributed by atoms with Gasteiger partial charge in [0.25, 0.3) is 0 Å². The van der Waals surface area contributed by atoms with Gasteiger partial charge in [-0.05, 0) is 19.8 Å². The van der Waals surface area contributed by atoms with Crippen LogP contribution in [0.15, 0.2) is 0 Å². The SMILES string of the molecule is COC[C@H](C)NCCNC(=O)C1CC1. The molecule has 0 aromatic carbocycles. The quantitative estimate of drug-likeness (QED) is 0.575. The summed E-state index contributed by atoms with van der Waals surface area (Å²) < 4.78 is 4.98. The van der Waals surface area contributed by atoms with Gasteiger partial charge < -0.3 is 15.4 Å². The summed E-state index contributed by atoms with van der Waals surface area (Å²) in [5.41, 5.74) is 0. The van der Waals surface area contributed by atoms with Crippen molar-refractivity contribution >= 4 is 5.91 Å². The summed E-state index contributed by atoms with van der Waals surface area (Å²) in [5, 5.41) is 6.16. The molecule has 1 saturated carbocycles. The molecule has 0 aromatic rings. The van der Waals surface area contributed by atoms with Crippen molar-refractivity contribution in [3.05, 3.63) is 0 Å². The standard InChI is InChI=1S/C10H20N2O2/c1-8(7-14-2)11-5-6-12-10(13)9-3-4-9/h8-9,11H,3-7H2,1-2H3,(H,12,13)/t8-/m0/s1. The van der Waals surface area contributed by atoms with Crippen LogP contribution in [0.1, 0.15) is 19.8 Å². The Labute approximate surface area is 85.4 Å². The molecule has 82 valence electrons. The van der Waals surface area contributed by atoms with Crippen molar-refractivity contribution in [1.82, 2.24) is 10.6 Å². The minimum Gasteiger partial charge on any atom is -0.383 e. The third-order valence-corrected chi connectivity index (χ3v) is 2.28. The molecule has 1 aliphatic carbocycles. The summed E-state index contributed by atoms with van der Waals surface area (Å²) >= 11 is 0. The van der Waals surface area contributed by atoms with Crippen molar-refractivity contribution in [2.45, 2.75) is 25.8 Å². The van der Waals surface area contributed by atoms with E-state index in [0.717, 1.165) is 19.4 Å². The van der Waals surface area contributed by atoms with Crippen LogP contribution in [0, 0.1) is 5.92 Å². The van der Waals surface area contributed by atoms with Crippen molar-refractivity contribution in [2.75, 3.05) is 26.8 Å². The molecule has 0 unspecified atom stereocenters. The fourth-order valence-corrected chi connectivity index (χ4v) is 1.30. The van der Waals surface area contributed by atoms with Crippen LogP contribution in [-0.2, 0) is 9.53 Å². The lowest BCUT2D eigenvalue weighted by Gasteiger charge is -2.12. The third kappa shape index (κ3) is 4.58. The maximum absolute atomic E-state index is 11.2. The molecular weight excluding hydrogens is 180 g/mol. The van der Waals surface area contributed by atoms with E-state index >= 15 is 0 Å². The molecule has 0 bridgehead atoms. The van der Waals surface area contributed by atoms with Crippen molar-refractivity contribution < 1.29 is 9.53 Å². The first-order chi connectivity index (χ1) is 6.74. The second kappa shape index (κ2) is 5.98. The van der Waals surface area contributed by atoms with Crippen LogP contribution in [0.25, 0.3) is 0 Å². The normalized spacial score (nSPS) is 17.9. The molecule has 4 nitrogen and oxygen atoms in total. The van der Waals surface area contributed by atoms with Gasteiger partial charge in [-0.2, -0.15) is 0 Å². The van der Waals surface area contributed by atoms with E-state index in [9.17, 15) is 4.79 Å². The lowest BCUT2D eigenvalue weighted by Crippen LogP contribution is -2.38. The van der Waals surface area contributed by atoms with Crippen LogP contribution in [0.3, 0.4) is 0 Å². The Kier molecular flexibility index (Phi) is 4.90. The fraction of sp³-hybridized carbons (Fsp3) is 0.900. The van der Waals surface area contributed by atoms with Crippen LogP contribution >= 0.6 is 0 Å². The molecule has 0 heterocycles. The Morgan fingerprint density at radius 3 is 2.79 bits per heavy atom. The van der Waals surface area contributed by atoms with Gasteiger partial charge in [-0.15, -0.1) is 0 Å². The minimum atomic E-state index is 0.214. The Bertz CT molecular complexity index is 181. The summed E-state index contributed by atoms with van der Waals surface area (Å²) in [6.07, 6.45) is 2.14. The average molecular weight is 200 g/mol. The number of ether oxygens (including phenoxy) is 1.